The highest BCUT2D eigenvalue weighted by molar-refractivity contribution is 7.80. The first-order valence-corrected chi connectivity index (χ1v) is 8.44. The largest absolute Gasteiger partial charge is 0.494 e. The fourth-order valence-corrected chi connectivity index (χ4v) is 3.17. The normalized spacial score (nSPS) is 15.6. The summed E-state index contributed by atoms with van der Waals surface area (Å²) in [5.74, 6) is 0.484. The molecule has 0 bridgehead atoms. The van der Waals surface area contributed by atoms with Crippen LogP contribution in [0.1, 0.15) is 5.69 Å². The van der Waals surface area contributed by atoms with Crippen molar-refractivity contribution in [2.75, 3.05) is 12.0 Å². The van der Waals surface area contributed by atoms with Gasteiger partial charge in [0, 0.05) is 5.39 Å². The third-order valence-electron chi connectivity index (χ3n) is 4.11. The number of carbonyl (C=O) groups is 1. The number of aromatic nitrogens is 1. The molecule has 2 aromatic carbocycles. The van der Waals surface area contributed by atoms with Crippen molar-refractivity contribution in [2.24, 2.45) is 0 Å². The molecule has 1 aliphatic heterocycles. The number of anilines is 1. The molecular weight excluding hydrogens is 346 g/mol. The number of methoxy groups -OCH3 is 1. The van der Waals surface area contributed by atoms with Crippen molar-refractivity contribution < 1.29 is 9.53 Å². The Balaban J connectivity index is 1.72. The SMILES string of the molecule is COc1cccc2ccc(C=C3NC(=S)N(c4ccccc4)C3=O)nc12. The van der Waals surface area contributed by atoms with E-state index in [1.54, 1.807) is 13.2 Å². The quantitative estimate of drug-likeness (QED) is 0.572. The first-order valence-electron chi connectivity index (χ1n) is 8.03. The lowest BCUT2D eigenvalue weighted by Crippen LogP contribution is -2.30. The molecule has 6 heteroatoms. The van der Waals surface area contributed by atoms with Crippen molar-refractivity contribution in [2.45, 2.75) is 0 Å². The number of rotatable bonds is 3. The van der Waals surface area contributed by atoms with Crippen LogP contribution in [0.15, 0.2) is 66.4 Å². The monoisotopic (exact) mass is 361 g/mol. The van der Waals surface area contributed by atoms with Crippen LogP contribution in [-0.2, 0) is 4.79 Å². The van der Waals surface area contributed by atoms with E-state index < -0.39 is 0 Å². The van der Waals surface area contributed by atoms with E-state index in [2.05, 4.69) is 10.3 Å². The van der Waals surface area contributed by atoms with Gasteiger partial charge in [0.1, 0.15) is 17.0 Å². The fourth-order valence-electron chi connectivity index (χ4n) is 2.87. The number of carbonyl (C=O) groups excluding carboxylic acids is 1. The predicted octanol–water partition coefficient (Wildman–Crippen LogP) is 3.51. The van der Waals surface area contributed by atoms with Crippen LogP contribution in [0.2, 0.25) is 0 Å². The van der Waals surface area contributed by atoms with E-state index >= 15 is 0 Å². The first kappa shape index (κ1) is 16.2. The molecule has 128 valence electrons. The van der Waals surface area contributed by atoms with E-state index in [1.165, 1.54) is 4.90 Å². The van der Waals surface area contributed by atoms with E-state index in [1.807, 2.05) is 60.7 Å². The van der Waals surface area contributed by atoms with Gasteiger partial charge in [0.25, 0.3) is 5.91 Å². The number of fused-ring (bicyclic) bond motifs is 1. The number of para-hydroxylation sites is 2. The summed E-state index contributed by atoms with van der Waals surface area (Å²) in [5, 5.41) is 4.30. The lowest BCUT2D eigenvalue weighted by Gasteiger charge is -2.13. The third kappa shape index (κ3) is 2.80. The number of nitrogens with one attached hydrogen (secondary N) is 1. The van der Waals surface area contributed by atoms with Gasteiger partial charge in [0.05, 0.1) is 18.5 Å². The molecule has 1 N–H and O–H groups in total. The Morgan fingerprint density at radius 1 is 1.08 bits per heavy atom. The standard InChI is InChI=1S/C20H15N3O2S/c1-25-17-9-5-6-13-10-11-14(21-18(13)17)12-16-19(24)23(20(26)22-16)15-7-3-2-4-8-15/h2-12H,1H3,(H,22,26). The third-order valence-corrected chi connectivity index (χ3v) is 4.39. The molecule has 0 radical (unpaired) electrons. The molecule has 26 heavy (non-hydrogen) atoms. The summed E-state index contributed by atoms with van der Waals surface area (Å²) in [6.45, 7) is 0. The van der Waals surface area contributed by atoms with Gasteiger partial charge in [0.15, 0.2) is 5.11 Å². The maximum atomic E-state index is 12.8. The second-order valence-electron chi connectivity index (χ2n) is 5.73. The minimum atomic E-state index is -0.205. The van der Waals surface area contributed by atoms with Crippen molar-refractivity contribution in [3.8, 4) is 5.75 Å². The zero-order valence-electron chi connectivity index (χ0n) is 14.0. The topological polar surface area (TPSA) is 54.5 Å². The molecule has 1 saturated heterocycles. The van der Waals surface area contributed by atoms with Crippen LogP contribution in [0.5, 0.6) is 5.75 Å². The molecule has 0 aliphatic carbocycles. The van der Waals surface area contributed by atoms with Crippen LogP contribution in [0, 0.1) is 0 Å². The molecule has 0 spiro atoms. The van der Waals surface area contributed by atoms with Crippen molar-refractivity contribution in [3.05, 3.63) is 72.1 Å². The van der Waals surface area contributed by atoms with Gasteiger partial charge in [-0.05, 0) is 42.6 Å². The minimum Gasteiger partial charge on any atom is -0.494 e. The summed E-state index contributed by atoms with van der Waals surface area (Å²) in [4.78, 5) is 18.8. The number of hydrogen-bond donors (Lipinski definition) is 1. The van der Waals surface area contributed by atoms with Gasteiger partial charge in [0.2, 0.25) is 0 Å². The molecule has 0 unspecified atom stereocenters. The van der Waals surface area contributed by atoms with Crippen LogP contribution in [0.25, 0.3) is 17.0 Å². The number of benzene rings is 2. The summed E-state index contributed by atoms with van der Waals surface area (Å²) in [7, 11) is 1.61. The summed E-state index contributed by atoms with van der Waals surface area (Å²) in [6.07, 6.45) is 1.70. The predicted molar refractivity (Wildman–Crippen MR) is 106 cm³/mol. The van der Waals surface area contributed by atoms with E-state index in [9.17, 15) is 4.79 Å². The highest BCUT2D eigenvalue weighted by Gasteiger charge is 2.31. The average Bonchev–Trinajstić information content (AvgIpc) is 2.95. The lowest BCUT2D eigenvalue weighted by atomic mass is 10.1. The van der Waals surface area contributed by atoms with Gasteiger partial charge >= 0.3 is 0 Å². The Labute approximate surface area is 155 Å². The van der Waals surface area contributed by atoms with Crippen molar-refractivity contribution in [1.29, 1.82) is 0 Å². The van der Waals surface area contributed by atoms with Crippen LogP contribution in [0.3, 0.4) is 0 Å². The summed E-state index contributed by atoms with van der Waals surface area (Å²) in [6, 6.07) is 18.9. The van der Waals surface area contributed by atoms with Gasteiger partial charge in [-0.3, -0.25) is 9.69 Å². The number of thiocarbonyl (C=S) groups is 1. The van der Waals surface area contributed by atoms with Gasteiger partial charge in [-0.25, -0.2) is 4.98 Å². The molecule has 0 saturated carbocycles. The van der Waals surface area contributed by atoms with Crippen LogP contribution in [0.4, 0.5) is 5.69 Å². The number of amides is 1. The minimum absolute atomic E-state index is 0.205. The number of pyridine rings is 1. The molecule has 1 aliphatic rings. The van der Waals surface area contributed by atoms with E-state index in [4.69, 9.17) is 17.0 Å². The zero-order valence-corrected chi connectivity index (χ0v) is 14.8. The van der Waals surface area contributed by atoms with Crippen molar-refractivity contribution in [3.63, 3.8) is 0 Å². The van der Waals surface area contributed by atoms with Gasteiger partial charge in [-0.1, -0.05) is 36.4 Å². The van der Waals surface area contributed by atoms with Crippen molar-refractivity contribution >= 4 is 45.9 Å². The lowest BCUT2D eigenvalue weighted by molar-refractivity contribution is -0.113. The maximum absolute atomic E-state index is 12.8. The van der Waals surface area contributed by atoms with Crippen LogP contribution in [-0.4, -0.2) is 23.1 Å². The van der Waals surface area contributed by atoms with Gasteiger partial charge < -0.3 is 10.1 Å². The molecule has 4 rings (SSSR count). The maximum Gasteiger partial charge on any atom is 0.281 e. The highest BCUT2D eigenvalue weighted by atomic mass is 32.1. The molecule has 3 aromatic rings. The molecule has 1 fully saturated rings. The Kier molecular flexibility index (Phi) is 4.10. The summed E-state index contributed by atoms with van der Waals surface area (Å²) < 4.78 is 5.37. The smallest absolute Gasteiger partial charge is 0.281 e. The Morgan fingerprint density at radius 3 is 2.65 bits per heavy atom. The molecule has 5 nitrogen and oxygen atoms in total. The highest BCUT2D eigenvalue weighted by Crippen LogP contribution is 2.25. The van der Waals surface area contributed by atoms with Crippen LogP contribution < -0.4 is 15.0 Å². The Hall–Kier alpha value is -3.25. The Morgan fingerprint density at radius 2 is 1.88 bits per heavy atom. The van der Waals surface area contributed by atoms with Gasteiger partial charge in [-0.15, -0.1) is 0 Å². The van der Waals surface area contributed by atoms with Gasteiger partial charge in [-0.2, -0.15) is 0 Å². The first-order chi connectivity index (χ1) is 12.7. The molecule has 1 aromatic heterocycles. The molecule has 1 amide bonds. The summed E-state index contributed by atoms with van der Waals surface area (Å²) in [5.41, 5.74) is 2.51. The number of ether oxygens (including phenoxy) is 1. The second-order valence-corrected chi connectivity index (χ2v) is 6.12. The summed E-state index contributed by atoms with van der Waals surface area (Å²) >= 11 is 5.32. The van der Waals surface area contributed by atoms with E-state index in [-0.39, 0.29) is 5.91 Å². The zero-order chi connectivity index (χ0) is 18.1. The number of hydrogen-bond acceptors (Lipinski definition) is 4. The Bertz CT molecular complexity index is 1050. The van der Waals surface area contributed by atoms with Crippen LogP contribution >= 0.6 is 12.2 Å². The number of nitrogens with zero attached hydrogens (tertiary/aromatic N) is 2. The average molecular weight is 361 g/mol. The fraction of sp³-hybridized carbons (Fsp3) is 0.0500. The van der Waals surface area contributed by atoms with E-state index in [0.717, 1.165) is 16.6 Å². The van der Waals surface area contributed by atoms with Crippen molar-refractivity contribution in [1.82, 2.24) is 10.3 Å². The molecular formula is C20H15N3O2S. The van der Waals surface area contributed by atoms with E-state index in [0.29, 0.717) is 22.3 Å². The molecule has 2 heterocycles. The second kappa shape index (κ2) is 6.57. The molecule has 0 atom stereocenters.